The van der Waals surface area contributed by atoms with Crippen molar-refractivity contribution in [2.45, 2.75) is 20.3 Å². The molecular weight excluding hydrogens is 152 g/mol. The fourth-order valence-electron chi connectivity index (χ4n) is 0.369. The van der Waals surface area contributed by atoms with E-state index in [1.807, 2.05) is 13.0 Å². The molecule has 0 saturated heterocycles. The average Bonchev–Trinajstić information content (AvgIpc) is 1.63. The molecule has 0 N–H and O–H groups in total. The maximum atomic E-state index is 5.74. The Morgan fingerprint density at radius 3 is 2.67 bits per heavy atom. The Morgan fingerprint density at radius 2 is 2.33 bits per heavy atom. The van der Waals surface area contributed by atoms with Gasteiger partial charge in [0.2, 0.25) is 0 Å². The molecular formula is C7H11ClS. The van der Waals surface area contributed by atoms with Crippen molar-refractivity contribution in [1.82, 2.24) is 0 Å². The van der Waals surface area contributed by atoms with Gasteiger partial charge in [-0.25, -0.2) is 0 Å². The van der Waals surface area contributed by atoms with Crippen molar-refractivity contribution >= 4 is 23.4 Å². The van der Waals surface area contributed by atoms with Crippen LogP contribution in [0, 0.1) is 0 Å². The number of thioether (sulfide) groups is 1. The first-order valence-electron chi connectivity index (χ1n) is 2.85. The average molecular weight is 163 g/mol. The number of allylic oxidation sites excluding steroid dienone is 2. The largest absolute Gasteiger partial charge is 0.0894 e. The molecule has 0 radical (unpaired) electrons. The first kappa shape index (κ1) is 9.12. The van der Waals surface area contributed by atoms with Crippen molar-refractivity contribution in [3.8, 4) is 0 Å². The summed E-state index contributed by atoms with van der Waals surface area (Å²) in [6.45, 7) is 7.71. The van der Waals surface area contributed by atoms with E-state index in [2.05, 4.69) is 13.5 Å². The second-order valence-corrected chi connectivity index (χ2v) is 3.69. The molecule has 0 saturated carbocycles. The third-order valence-electron chi connectivity index (χ3n) is 0.636. The van der Waals surface area contributed by atoms with Gasteiger partial charge in [0.25, 0.3) is 0 Å². The van der Waals surface area contributed by atoms with Gasteiger partial charge in [-0.1, -0.05) is 42.9 Å². The lowest BCUT2D eigenvalue weighted by molar-refractivity contribution is 1.23. The Morgan fingerprint density at radius 1 is 1.78 bits per heavy atom. The van der Waals surface area contributed by atoms with Crippen LogP contribution in [0.1, 0.15) is 20.3 Å². The van der Waals surface area contributed by atoms with E-state index in [1.165, 1.54) is 11.8 Å². The van der Waals surface area contributed by atoms with Crippen molar-refractivity contribution in [1.29, 1.82) is 0 Å². The number of hydrogen-bond acceptors (Lipinski definition) is 1. The van der Waals surface area contributed by atoms with Crippen LogP contribution in [0.15, 0.2) is 21.9 Å². The van der Waals surface area contributed by atoms with E-state index in [0.717, 1.165) is 15.7 Å². The van der Waals surface area contributed by atoms with Crippen molar-refractivity contribution in [3.05, 3.63) is 21.9 Å². The van der Waals surface area contributed by atoms with E-state index < -0.39 is 0 Å². The van der Waals surface area contributed by atoms with E-state index >= 15 is 0 Å². The van der Waals surface area contributed by atoms with Crippen LogP contribution in [0.3, 0.4) is 0 Å². The molecule has 0 amide bonds. The predicted molar refractivity (Wildman–Crippen MR) is 46.6 cm³/mol. The molecule has 52 valence electrons. The van der Waals surface area contributed by atoms with Gasteiger partial charge in [-0.05, 0) is 18.2 Å². The lowest BCUT2D eigenvalue weighted by Crippen LogP contribution is -1.63. The van der Waals surface area contributed by atoms with Gasteiger partial charge in [0, 0.05) is 0 Å². The van der Waals surface area contributed by atoms with Crippen LogP contribution in [0.2, 0.25) is 0 Å². The summed E-state index contributed by atoms with van der Waals surface area (Å²) in [5, 5.41) is 0. The second kappa shape index (κ2) is 4.95. The summed E-state index contributed by atoms with van der Waals surface area (Å²) < 4.78 is 0.824. The minimum absolute atomic E-state index is 0.824. The predicted octanol–water partition coefficient (Wildman–Crippen LogP) is 3.74. The van der Waals surface area contributed by atoms with Crippen LogP contribution in [0.25, 0.3) is 0 Å². The van der Waals surface area contributed by atoms with Crippen LogP contribution < -0.4 is 0 Å². The molecule has 0 heterocycles. The summed E-state index contributed by atoms with van der Waals surface area (Å²) in [6, 6.07) is 0. The zero-order valence-electron chi connectivity index (χ0n) is 5.78. The molecule has 0 aliphatic rings. The second-order valence-electron chi connectivity index (χ2n) is 1.72. The van der Waals surface area contributed by atoms with Crippen LogP contribution in [0.5, 0.6) is 0 Å². The smallest absolute Gasteiger partial charge is 0.0739 e. The van der Waals surface area contributed by atoms with Crippen LogP contribution in [-0.4, -0.2) is 0 Å². The van der Waals surface area contributed by atoms with Crippen LogP contribution in [0.4, 0.5) is 0 Å². The summed E-state index contributed by atoms with van der Waals surface area (Å²) in [5.74, 6) is 0. The van der Waals surface area contributed by atoms with Gasteiger partial charge in [0.05, 0.1) is 4.36 Å². The highest BCUT2D eigenvalue weighted by atomic mass is 35.5. The molecule has 0 nitrogen and oxygen atoms in total. The van der Waals surface area contributed by atoms with E-state index in [0.29, 0.717) is 0 Å². The molecule has 0 atom stereocenters. The van der Waals surface area contributed by atoms with Crippen molar-refractivity contribution in [2.75, 3.05) is 0 Å². The normalized spacial score (nSPS) is 11.7. The molecule has 0 aromatic carbocycles. The lowest BCUT2D eigenvalue weighted by Gasteiger charge is -1.94. The molecule has 0 rings (SSSR count). The summed E-state index contributed by atoms with van der Waals surface area (Å²) in [5.41, 5.74) is 0. The van der Waals surface area contributed by atoms with Gasteiger partial charge in [-0.2, -0.15) is 0 Å². The van der Waals surface area contributed by atoms with Gasteiger partial charge < -0.3 is 0 Å². The zero-order chi connectivity index (χ0) is 7.28. The molecule has 0 fully saturated rings. The first-order valence-corrected chi connectivity index (χ1v) is 4.05. The van der Waals surface area contributed by atoms with E-state index in [-0.39, 0.29) is 0 Å². The van der Waals surface area contributed by atoms with Crippen molar-refractivity contribution in [2.24, 2.45) is 0 Å². The molecule has 0 bridgehead atoms. The highest BCUT2D eigenvalue weighted by Gasteiger charge is 1.90. The number of rotatable bonds is 3. The third-order valence-corrected chi connectivity index (χ3v) is 1.73. The Labute approximate surface area is 66.0 Å². The van der Waals surface area contributed by atoms with Gasteiger partial charge in [-0.3, -0.25) is 0 Å². The van der Waals surface area contributed by atoms with Crippen LogP contribution >= 0.6 is 23.4 Å². The molecule has 0 aromatic rings. The fraction of sp³-hybridized carbons (Fsp3) is 0.429. The van der Waals surface area contributed by atoms with Crippen molar-refractivity contribution in [3.63, 3.8) is 0 Å². The molecule has 0 aromatic heterocycles. The topological polar surface area (TPSA) is 0 Å². The summed E-state index contributed by atoms with van der Waals surface area (Å²) in [4.78, 5) is 1.03. The van der Waals surface area contributed by atoms with Gasteiger partial charge >= 0.3 is 0 Å². The Hall–Kier alpha value is 0.120. The standard InChI is InChI=1S/C7H11ClS/c1-4-5-7(8)9-6(2)3/h5H,2,4H2,1,3H3. The SMILES string of the molecule is C=C(C)SC(Cl)=CCC. The molecule has 0 unspecified atom stereocenters. The molecule has 0 spiro atoms. The zero-order valence-corrected chi connectivity index (χ0v) is 7.35. The maximum absolute atomic E-state index is 5.74. The monoisotopic (exact) mass is 162 g/mol. The quantitative estimate of drug-likeness (QED) is 0.609. The van der Waals surface area contributed by atoms with Gasteiger partial charge in [-0.15, -0.1) is 0 Å². The van der Waals surface area contributed by atoms with E-state index in [1.54, 1.807) is 0 Å². The van der Waals surface area contributed by atoms with Crippen LogP contribution in [-0.2, 0) is 0 Å². The number of halogens is 1. The van der Waals surface area contributed by atoms with E-state index in [9.17, 15) is 0 Å². The third kappa shape index (κ3) is 6.00. The molecule has 0 aliphatic heterocycles. The Bertz CT molecular complexity index is 127. The minimum Gasteiger partial charge on any atom is -0.0894 e. The maximum Gasteiger partial charge on any atom is 0.0739 e. The highest BCUT2D eigenvalue weighted by molar-refractivity contribution is 8.08. The number of hydrogen-bond donors (Lipinski definition) is 0. The Kier molecular flexibility index (Phi) is 5.02. The first-order chi connectivity index (χ1) is 4.16. The molecule has 9 heavy (non-hydrogen) atoms. The fourth-order valence-corrected chi connectivity index (χ4v) is 1.50. The van der Waals surface area contributed by atoms with Crippen molar-refractivity contribution < 1.29 is 0 Å². The van der Waals surface area contributed by atoms with Gasteiger partial charge in [0.1, 0.15) is 0 Å². The Balaban J connectivity index is 3.62. The van der Waals surface area contributed by atoms with E-state index in [4.69, 9.17) is 11.6 Å². The minimum atomic E-state index is 0.824. The summed E-state index contributed by atoms with van der Waals surface area (Å²) in [6.07, 6.45) is 2.96. The molecule has 2 heteroatoms. The summed E-state index contributed by atoms with van der Waals surface area (Å²) in [7, 11) is 0. The summed E-state index contributed by atoms with van der Waals surface area (Å²) >= 11 is 7.25. The van der Waals surface area contributed by atoms with Gasteiger partial charge in [0.15, 0.2) is 0 Å². The molecule has 0 aliphatic carbocycles. The lowest BCUT2D eigenvalue weighted by atomic mass is 10.5. The highest BCUT2D eigenvalue weighted by Crippen LogP contribution is 2.26.